The second-order valence-corrected chi connectivity index (χ2v) is 12.4. The monoisotopic (exact) mass is 646 g/mol. The number of amides is 3. The highest BCUT2D eigenvalue weighted by Crippen LogP contribution is 2.40. The average molecular weight is 647 g/mol. The summed E-state index contributed by atoms with van der Waals surface area (Å²) < 4.78 is 38.0. The predicted octanol–water partition coefficient (Wildman–Crippen LogP) is 6.49. The van der Waals surface area contributed by atoms with Crippen LogP contribution in [0.25, 0.3) is 5.69 Å². The largest absolute Gasteiger partial charge is 0.444 e. The fraction of sp³-hybridized carbons (Fsp3) is 0.469. The Labute approximate surface area is 267 Å². The zero-order valence-electron chi connectivity index (χ0n) is 26.1. The molecular weight excluding hydrogens is 606 g/mol. The van der Waals surface area contributed by atoms with Crippen LogP contribution in [0.4, 0.5) is 24.2 Å². The van der Waals surface area contributed by atoms with Crippen LogP contribution in [0.5, 0.6) is 0 Å². The second-order valence-electron chi connectivity index (χ2n) is 12.1. The topological polar surface area (TPSA) is 115 Å². The lowest BCUT2D eigenvalue weighted by molar-refractivity contribution is 0.0221. The van der Waals surface area contributed by atoms with E-state index in [1.165, 1.54) is 16.8 Å². The van der Waals surface area contributed by atoms with Crippen LogP contribution in [0.3, 0.4) is 0 Å². The van der Waals surface area contributed by atoms with Crippen LogP contribution in [-0.2, 0) is 9.47 Å². The number of halogens is 3. The number of para-hydroxylation sites is 1. The van der Waals surface area contributed by atoms with E-state index >= 15 is 0 Å². The summed E-state index contributed by atoms with van der Waals surface area (Å²) in [6.45, 7) is 9.52. The SMILES string of the molecule is CC(C)(C)OC(=O)N1CCCC1c1nn(-c2ccccc2)c(NC(N)=O)c1Cl.COCCN1CCC(c2ccc(F)c(F)c2)C1. The first kappa shape index (κ1) is 34.1. The number of nitrogens with one attached hydrogen (secondary N) is 1. The standard InChI is InChI=1S/C19H24ClN5O3.C13H17F2NO/c1-19(2,3)28-18(27)24-11-7-10-13(24)15-14(20)16(22-17(21)26)25(23-15)12-8-5-4-6-9-12;1-17-7-6-16-5-4-11(9-16)10-2-3-12(14)13(15)8-10/h4-6,8-9,13H,7,10-11H2,1-3H3,(H3,21,22,26);2-3,8,11H,4-7,9H2,1H3. The number of urea groups is 1. The Balaban J connectivity index is 0.000000231. The summed E-state index contributed by atoms with van der Waals surface area (Å²) in [5, 5.41) is 7.40. The molecule has 0 saturated carbocycles. The lowest BCUT2D eigenvalue weighted by Crippen LogP contribution is -2.36. The van der Waals surface area contributed by atoms with Gasteiger partial charge in [0.15, 0.2) is 17.5 Å². The second kappa shape index (κ2) is 15.0. The molecule has 244 valence electrons. The van der Waals surface area contributed by atoms with Crippen LogP contribution in [0, 0.1) is 11.6 Å². The zero-order chi connectivity index (χ0) is 32.7. The van der Waals surface area contributed by atoms with Crippen molar-refractivity contribution >= 4 is 29.5 Å². The molecule has 2 aliphatic rings. The first-order valence-corrected chi connectivity index (χ1v) is 15.3. The van der Waals surface area contributed by atoms with Gasteiger partial charge < -0.3 is 20.1 Å². The molecule has 3 heterocycles. The fourth-order valence-corrected chi connectivity index (χ4v) is 5.79. The molecule has 13 heteroatoms. The van der Waals surface area contributed by atoms with Crippen LogP contribution in [0.2, 0.25) is 5.02 Å². The Morgan fingerprint density at radius 1 is 1.09 bits per heavy atom. The van der Waals surface area contributed by atoms with E-state index in [1.807, 2.05) is 51.1 Å². The Kier molecular flexibility index (Phi) is 11.4. The molecular formula is C32H41ClF2N6O4. The molecule has 2 atom stereocenters. The van der Waals surface area contributed by atoms with Gasteiger partial charge in [-0.15, -0.1) is 0 Å². The van der Waals surface area contributed by atoms with Gasteiger partial charge in [0.2, 0.25) is 0 Å². The number of hydrogen-bond acceptors (Lipinski definition) is 6. The van der Waals surface area contributed by atoms with Crippen LogP contribution in [0.1, 0.15) is 63.3 Å². The van der Waals surface area contributed by atoms with E-state index in [-0.39, 0.29) is 16.9 Å². The van der Waals surface area contributed by atoms with E-state index < -0.39 is 29.4 Å². The van der Waals surface area contributed by atoms with Crippen LogP contribution >= 0.6 is 11.6 Å². The van der Waals surface area contributed by atoms with E-state index in [4.69, 9.17) is 26.8 Å². The van der Waals surface area contributed by atoms with Gasteiger partial charge >= 0.3 is 12.1 Å². The van der Waals surface area contributed by atoms with Gasteiger partial charge in [0.25, 0.3) is 0 Å². The molecule has 3 amide bonds. The molecule has 10 nitrogen and oxygen atoms in total. The van der Waals surface area contributed by atoms with Gasteiger partial charge in [-0.05, 0) is 82.3 Å². The van der Waals surface area contributed by atoms with Crippen molar-refractivity contribution < 1.29 is 27.8 Å². The van der Waals surface area contributed by atoms with E-state index in [0.29, 0.717) is 36.9 Å². The third kappa shape index (κ3) is 8.93. The maximum Gasteiger partial charge on any atom is 0.410 e. The van der Waals surface area contributed by atoms with Crippen molar-refractivity contribution in [1.29, 1.82) is 0 Å². The number of methoxy groups -OCH3 is 1. The quantitative estimate of drug-likeness (QED) is 0.303. The first-order valence-electron chi connectivity index (χ1n) is 14.9. The van der Waals surface area contributed by atoms with E-state index in [2.05, 4.69) is 15.3 Å². The number of anilines is 1. The molecule has 3 N–H and O–H groups in total. The Morgan fingerprint density at radius 2 is 1.82 bits per heavy atom. The predicted molar refractivity (Wildman–Crippen MR) is 169 cm³/mol. The van der Waals surface area contributed by atoms with E-state index in [9.17, 15) is 18.4 Å². The molecule has 3 aromatic rings. The highest BCUT2D eigenvalue weighted by Gasteiger charge is 2.37. The third-order valence-corrected chi connectivity index (χ3v) is 7.96. The molecule has 0 aliphatic carbocycles. The molecule has 2 fully saturated rings. The molecule has 1 aromatic heterocycles. The third-order valence-electron chi connectivity index (χ3n) is 7.59. The molecule has 5 rings (SSSR count). The number of carbonyl (C=O) groups is 2. The number of rotatable bonds is 7. The van der Waals surface area contributed by atoms with Crippen molar-refractivity contribution in [3.63, 3.8) is 0 Å². The maximum atomic E-state index is 13.1. The highest BCUT2D eigenvalue weighted by atomic mass is 35.5. The molecule has 2 saturated heterocycles. The van der Waals surface area contributed by atoms with Crippen molar-refractivity contribution in [3.8, 4) is 5.69 Å². The molecule has 2 aromatic carbocycles. The summed E-state index contributed by atoms with van der Waals surface area (Å²) in [7, 11) is 1.68. The fourth-order valence-electron chi connectivity index (χ4n) is 5.49. The number of nitrogens with two attached hydrogens (primary N) is 1. The number of hydrogen-bond donors (Lipinski definition) is 2. The summed E-state index contributed by atoms with van der Waals surface area (Å²) >= 11 is 6.57. The molecule has 0 radical (unpaired) electrons. The summed E-state index contributed by atoms with van der Waals surface area (Å²) in [6, 6.07) is 12.4. The number of ether oxygens (including phenoxy) is 2. The average Bonchev–Trinajstić information content (AvgIpc) is 3.73. The van der Waals surface area contributed by atoms with Gasteiger partial charge in [-0.3, -0.25) is 10.2 Å². The lowest BCUT2D eigenvalue weighted by atomic mass is 9.98. The van der Waals surface area contributed by atoms with Gasteiger partial charge in [-0.2, -0.15) is 5.10 Å². The zero-order valence-corrected chi connectivity index (χ0v) is 26.8. The Bertz CT molecular complexity index is 1470. The Morgan fingerprint density at radius 3 is 2.47 bits per heavy atom. The Hall–Kier alpha value is -3.74. The number of carbonyl (C=O) groups excluding carboxylic acids is 2. The molecule has 0 spiro atoms. The van der Waals surface area contributed by atoms with Crippen LogP contribution in [0.15, 0.2) is 48.5 Å². The minimum atomic E-state index is -0.775. The molecule has 0 bridgehead atoms. The van der Waals surface area contributed by atoms with Crippen molar-refractivity contribution in [1.82, 2.24) is 19.6 Å². The number of primary amides is 1. The number of likely N-dealkylation sites (tertiary alicyclic amines) is 2. The minimum absolute atomic E-state index is 0.253. The normalized spacial score (nSPS) is 18.4. The summed E-state index contributed by atoms with van der Waals surface area (Å²) in [5.41, 5.74) is 6.81. The van der Waals surface area contributed by atoms with Crippen LogP contribution in [-0.4, -0.2) is 77.2 Å². The van der Waals surface area contributed by atoms with Crippen molar-refractivity contribution in [3.05, 3.63) is 76.4 Å². The number of nitrogens with zero attached hydrogens (tertiary/aromatic N) is 4. The summed E-state index contributed by atoms with van der Waals surface area (Å²) in [5.74, 6) is -0.950. The van der Waals surface area contributed by atoms with Gasteiger partial charge in [-0.1, -0.05) is 35.9 Å². The first-order chi connectivity index (χ1) is 21.4. The lowest BCUT2D eigenvalue weighted by Gasteiger charge is -2.28. The molecule has 2 aliphatic heterocycles. The maximum absolute atomic E-state index is 13.1. The minimum Gasteiger partial charge on any atom is -0.444 e. The smallest absolute Gasteiger partial charge is 0.410 e. The summed E-state index contributed by atoms with van der Waals surface area (Å²) in [4.78, 5) is 28.0. The highest BCUT2D eigenvalue weighted by molar-refractivity contribution is 6.34. The van der Waals surface area contributed by atoms with Crippen molar-refractivity contribution in [2.45, 2.75) is 57.6 Å². The van der Waals surface area contributed by atoms with Gasteiger partial charge in [0, 0.05) is 26.7 Å². The van der Waals surface area contributed by atoms with Crippen molar-refractivity contribution in [2.24, 2.45) is 5.73 Å². The molecule has 2 unspecified atom stereocenters. The number of aromatic nitrogens is 2. The van der Waals surface area contributed by atoms with Crippen molar-refractivity contribution in [2.75, 3.05) is 45.2 Å². The van der Waals surface area contributed by atoms with Crippen LogP contribution < -0.4 is 11.1 Å². The number of benzene rings is 2. The van der Waals surface area contributed by atoms with Gasteiger partial charge in [-0.25, -0.2) is 23.1 Å². The van der Waals surface area contributed by atoms with E-state index in [0.717, 1.165) is 38.0 Å². The summed E-state index contributed by atoms with van der Waals surface area (Å²) in [6.07, 6.45) is 2.08. The van der Waals surface area contributed by atoms with Gasteiger partial charge in [0.05, 0.1) is 18.3 Å². The molecule has 45 heavy (non-hydrogen) atoms. The van der Waals surface area contributed by atoms with E-state index in [1.54, 1.807) is 18.1 Å². The van der Waals surface area contributed by atoms with Gasteiger partial charge in [0.1, 0.15) is 16.3 Å².